The zero-order valence-corrected chi connectivity index (χ0v) is 21.7. The van der Waals surface area contributed by atoms with Gasteiger partial charge >= 0.3 is 0 Å². The van der Waals surface area contributed by atoms with Crippen LogP contribution in [0.25, 0.3) is 0 Å². The molecule has 0 radical (unpaired) electrons. The fourth-order valence-corrected chi connectivity index (χ4v) is 4.48. The number of aromatic nitrogens is 3. The van der Waals surface area contributed by atoms with Crippen molar-refractivity contribution in [2.45, 2.75) is 53.2 Å². The lowest BCUT2D eigenvalue weighted by Gasteiger charge is -2.35. The van der Waals surface area contributed by atoms with Gasteiger partial charge in [-0.15, -0.1) is 34.2 Å². The molecular weight excluding hydrogens is 501 g/mol. The van der Waals surface area contributed by atoms with Crippen LogP contribution in [0.1, 0.15) is 44.1 Å². The first kappa shape index (κ1) is 25.6. The van der Waals surface area contributed by atoms with Gasteiger partial charge in [0.2, 0.25) is 0 Å². The van der Waals surface area contributed by atoms with Gasteiger partial charge in [0.05, 0.1) is 0 Å². The van der Waals surface area contributed by atoms with Crippen molar-refractivity contribution in [2.75, 3.05) is 26.7 Å². The van der Waals surface area contributed by atoms with E-state index in [1.165, 1.54) is 30.6 Å². The van der Waals surface area contributed by atoms with Gasteiger partial charge in [-0.3, -0.25) is 9.89 Å². The van der Waals surface area contributed by atoms with E-state index in [-0.39, 0.29) is 24.0 Å². The second kappa shape index (κ2) is 13.0. The molecular formula is C23H38IN7. The SMILES string of the molecule is CCc1nncn1CCNC(=NC)NCc1ccccc1CN1CC(C)CC(C)C1.I. The first-order chi connectivity index (χ1) is 14.6. The van der Waals surface area contributed by atoms with Crippen LogP contribution in [-0.4, -0.2) is 52.3 Å². The molecule has 1 aromatic heterocycles. The van der Waals surface area contributed by atoms with E-state index in [1.54, 1.807) is 6.33 Å². The summed E-state index contributed by atoms with van der Waals surface area (Å²) < 4.78 is 2.08. The second-order valence-corrected chi connectivity index (χ2v) is 8.56. The van der Waals surface area contributed by atoms with Crippen LogP contribution < -0.4 is 10.6 Å². The molecule has 3 rings (SSSR count). The predicted molar refractivity (Wildman–Crippen MR) is 138 cm³/mol. The number of halogens is 1. The topological polar surface area (TPSA) is 70.4 Å². The molecule has 0 saturated carbocycles. The summed E-state index contributed by atoms with van der Waals surface area (Å²) in [5.41, 5.74) is 2.73. The van der Waals surface area contributed by atoms with Crippen molar-refractivity contribution in [2.24, 2.45) is 16.8 Å². The van der Waals surface area contributed by atoms with Crippen LogP contribution in [0.2, 0.25) is 0 Å². The van der Waals surface area contributed by atoms with E-state index in [1.807, 2.05) is 7.05 Å². The van der Waals surface area contributed by atoms with Crippen molar-refractivity contribution in [3.8, 4) is 0 Å². The van der Waals surface area contributed by atoms with E-state index in [0.29, 0.717) is 0 Å². The molecule has 1 aliphatic heterocycles. The Kier molecular flexibility index (Phi) is 10.7. The minimum Gasteiger partial charge on any atom is -0.355 e. The number of hydrogen-bond donors (Lipinski definition) is 2. The third kappa shape index (κ3) is 7.75. The third-order valence-corrected chi connectivity index (χ3v) is 5.78. The Morgan fingerprint density at radius 2 is 1.84 bits per heavy atom. The molecule has 1 saturated heterocycles. The highest BCUT2D eigenvalue weighted by Crippen LogP contribution is 2.23. The van der Waals surface area contributed by atoms with Crippen LogP contribution in [-0.2, 0) is 26.1 Å². The van der Waals surface area contributed by atoms with Crippen molar-refractivity contribution in [1.29, 1.82) is 0 Å². The number of aliphatic imine (C=N–C) groups is 1. The molecule has 0 bridgehead atoms. The molecule has 2 aromatic rings. The number of hydrogen-bond acceptors (Lipinski definition) is 4. The highest BCUT2D eigenvalue weighted by Gasteiger charge is 2.22. The van der Waals surface area contributed by atoms with Crippen LogP contribution in [0, 0.1) is 11.8 Å². The Balaban J connectivity index is 0.00000341. The highest BCUT2D eigenvalue weighted by atomic mass is 127. The molecule has 1 aliphatic rings. The smallest absolute Gasteiger partial charge is 0.191 e. The standard InChI is InChI=1S/C23H37N7.HI/c1-5-22-28-27-17-30(22)11-10-25-23(24-4)26-13-20-8-6-7-9-21(20)16-29-14-18(2)12-19(3)15-29;/h6-9,17-19H,5,10-16H2,1-4H3,(H2,24,25,26);1H. The van der Waals surface area contributed by atoms with Crippen LogP contribution in [0.5, 0.6) is 0 Å². The molecule has 2 heterocycles. The average molecular weight is 540 g/mol. The second-order valence-electron chi connectivity index (χ2n) is 8.56. The molecule has 2 unspecified atom stereocenters. The van der Waals surface area contributed by atoms with Crippen LogP contribution in [0.3, 0.4) is 0 Å². The summed E-state index contributed by atoms with van der Waals surface area (Å²) in [6, 6.07) is 8.75. The van der Waals surface area contributed by atoms with E-state index >= 15 is 0 Å². The van der Waals surface area contributed by atoms with Crippen molar-refractivity contribution in [1.82, 2.24) is 30.3 Å². The zero-order chi connectivity index (χ0) is 21.3. The highest BCUT2D eigenvalue weighted by molar-refractivity contribution is 14.0. The molecule has 2 N–H and O–H groups in total. The van der Waals surface area contributed by atoms with E-state index in [2.05, 4.69) is 80.3 Å². The molecule has 172 valence electrons. The van der Waals surface area contributed by atoms with Crippen molar-refractivity contribution in [3.63, 3.8) is 0 Å². The van der Waals surface area contributed by atoms with E-state index in [0.717, 1.165) is 56.2 Å². The van der Waals surface area contributed by atoms with Crippen molar-refractivity contribution >= 4 is 29.9 Å². The lowest BCUT2D eigenvalue weighted by Crippen LogP contribution is -2.39. The summed E-state index contributed by atoms with van der Waals surface area (Å²) in [4.78, 5) is 6.98. The number of guanidine groups is 1. The van der Waals surface area contributed by atoms with Gasteiger partial charge in [-0.1, -0.05) is 45.0 Å². The lowest BCUT2D eigenvalue weighted by molar-refractivity contribution is 0.134. The Bertz CT molecular complexity index is 810. The molecule has 2 atom stereocenters. The van der Waals surface area contributed by atoms with Gasteiger partial charge in [-0.25, -0.2) is 0 Å². The molecule has 1 fully saturated rings. The first-order valence-electron chi connectivity index (χ1n) is 11.2. The molecule has 8 heteroatoms. The maximum absolute atomic E-state index is 4.37. The number of benzene rings is 1. The summed E-state index contributed by atoms with van der Waals surface area (Å²) in [7, 11) is 1.81. The quantitative estimate of drug-likeness (QED) is 0.306. The summed E-state index contributed by atoms with van der Waals surface area (Å²) in [6.45, 7) is 12.6. The summed E-state index contributed by atoms with van der Waals surface area (Å²) in [6.07, 6.45) is 4.02. The van der Waals surface area contributed by atoms with Crippen LogP contribution in [0.4, 0.5) is 0 Å². The largest absolute Gasteiger partial charge is 0.355 e. The maximum atomic E-state index is 4.37. The van der Waals surface area contributed by atoms with Crippen LogP contribution in [0.15, 0.2) is 35.6 Å². The predicted octanol–water partition coefficient (Wildman–Crippen LogP) is 3.30. The van der Waals surface area contributed by atoms with Gasteiger partial charge in [-0.05, 0) is 29.4 Å². The monoisotopic (exact) mass is 539 g/mol. The Hall–Kier alpha value is -1.68. The third-order valence-electron chi connectivity index (χ3n) is 5.78. The van der Waals surface area contributed by atoms with E-state index in [9.17, 15) is 0 Å². The van der Waals surface area contributed by atoms with Gasteiger partial charge in [0.25, 0.3) is 0 Å². The minimum absolute atomic E-state index is 0. The van der Waals surface area contributed by atoms with Gasteiger partial charge in [0, 0.05) is 52.7 Å². The summed E-state index contributed by atoms with van der Waals surface area (Å²) in [5.74, 6) is 3.38. The molecule has 31 heavy (non-hydrogen) atoms. The fraction of sp³-hybridized carbons (Fsp3) is 0.609. The molecule has 0 aliphatic carbocycles. The van der Waals surface area contributed by atoms with Gasteiger partial charge in [0.1, 0.15) is 12.2 Å². The molecule has 7 nitrogen and oxygen atoms in total. The summed E-state index contributed by atoms with van der Waals surface area (Å²) in [5, 5.41) is 15.0. The average Bonchev–Trinajstić information content (AvgIpc) is 3.18. The molecule has 0 amide bonds. The minimum atomic E-state index is 0. The fourth-order valence-electron chi connectivity index (χ4n) is 4.48. The molecule has 0 spiro atoms. The van der Waals surface area contributed by atoms with Gasteiger partial charge in [-0.2, -0.15) is 0 Å². The Morgan fingerprint density at radius 1 is 1.13 bits per heavy atom. The van der Waals surface area contributed by atoms with Gasteiger partial charge in [0.15, 0.2) is 5.96 Å². The Labute approximate surface area is 204 Å². The number of rotatable bonds is 8. The normalized spacial score (nSPS) is 19.7. The summed E-state index contributed by atoms with van der Waals surface area (Å²) >= 11 is 0. The van der Waals surface area contributed by atoms with Crippen molar-refractivity contribution in [3.05, 3.63) is 47.5 Å². The van der Waals surface area contributed by atoms with Crippen molar-refractivity contribution < 1.29 is 0 Å². The van der Waals surface area contributed by atoms with Gasteiger partial charge < -0.3 is 15.2 Å². The molecule has 1 aromatic carbocycles. The number of likely N-dealkylation sites (tertiary alicyclic amines) is 1. The number of nitrogens with zero attached hydrogens (tertiary/aromatic N) is 5. The van der Waals surface area contributed by atoms with E-state index < -0.39 is 0 Å². The Morgan fingerprint density at radius 3 is 2.52 bits per heavy atom. The first-order valence-corrected chi connectivity index (χ1v) is 11.2. The van der Waals surface area contributed by atoms with Crippen LogP contribution >= 0.6 is 24.0 Å². The van der Waals surface area contributed by atoms with E-state index in [4.69, 9.17) is 0 Å². The maximum Gasteiger partial charge on any atom is 0.191 e. The number of piperidine rings is 1. The number of nitrogens with one attached hydrogen (secondary N) is 2. The lowest BCUT2D eigenvalue weighted by atomic mass is 9.91. The zero-order valence-electron chi connectivity index (χ0n) is 19.3. The number of aryl methyl sites for hydroxylation is 1.